The van der Waals surface area contributed by atoms with Crippen LogP contribution >= 0.6 is 12.2 Å². The highest BCUT2D eigenvalue weighted by atomic mass is 32.1. The van der Waals surface area contributed by atoms with Crippen molar-refractivity contribution in [1.29, 1.82) is 0 Å². The highest BCUT2D eigenvalue weighted by Gasteiger charge is 2.30. The summed E-state index contributed by atoms with van der Waals surface area (Å²) < 4.78 is 0. The summed E-state index contributed by atoms with van der Waals surface area (Å²) in [6.45, 7) is 4.12. The van der Waals surface area contributed by atoms with Crippen molar-refractivity contribution in [2.45, 2.75) is 32.6 Å². The molecule has 4 nitrogen and oxygen atoms in total. The average molecular weight is 302 g/mol. The number of nitrogens with one attached hydrogen (secondary N) is 1. The molecule has 5 heteroatoms. The molecule has 3 aliphatic rings. The summed E-state index contributed by atoms with van der Waals surface area (Å²) in [6.07, 6.45) is 7.22. The first-order chi connectivity index (χ1) is 10.2. The third-order valence-corrected chi connectivity index (χ3v) is 4.92. The van der Waals surface area contributed by atoms with Gasteiger partial charge in [-0.15, -0.1) is 0 Å². The zero-order chi connectivity index (χ0) is 14.7. The quantitative estimate of drug-likeness (QED) is 0.518. The van der Waals surface area contributed by atoms with E-state index in [1.807, 2.05) is 25.1 Å². The van der Waals surface area contributed by atoms with Crippen LogP contribution in [-0.4, -0.2) is 33.8 Å². The van der Waals surface area contributed by atoms with E-state index < -0.39 is 0 Å². The molecule has 0 amide bonds. The van der Waals surface area contributed by atoms with Gasteiger partial charge in [0, 0.05) is 19.3 Å². The molecule has 21 heavy (non-hydrogen) atoms. The Morgan fingerprint density at radius 1 is 1.24 bits per heavy atom. The molecule has 3 heterocycles. The lowest BCUT2D eigenvalue weighted by molar-refractivity contribution is 0.326. The van der Waals surface area contributed by atoms with E-state index in [-0.39, 0.29) is 0 Å². The number of fused-ring (bicyclic) bond motifs is 4. The molecular formula is C16H22N4S. The monoisotopic (exact) mass is 302 g/mol. The van der Waals surface area contributed by atoms with E-state index in [0.717, 1.165) is 41.4 Å². The first kappa shape index (κ1) is 14.4. The summed E-state index contributed by atoms with van der Waals surface area (Å²) in [5.41, 5.74) is 4.79. The average Bonchev–Trinajstić information content (AvgIpc) is 2.87. The van der Waals surface area contributed by atoms with E-state index in [2.05, 4.69) is 20.4 Å². The van der Waals surface area contributed by atoms with Gasteiger partial charge in [-0.2, -0.15) is 5.10 Å². The summed E-state index contributed by atoms with van der Waals surface area (Å²) in [7, 11) is 0. The minimum atomic E-state index is 0.754. The van der Waals surface area contributed by atoms with Gasteiger partial charge in [-0.05, 0) is 68.8 Å². The third kappa shape index (κ3) is 3.59. The number of rotatable bonds is 2. The number of aromatic nitrogens is 1. The van der Waals surface area contributed by atoms with Crippen molar-refractivity contribution < 1.29 is 0 Å². The molecule has 1 aliphatic carbocycles. The fourth-order valence-electron chi connectivity index (χ4n) is 3.30. The fourth-order valence-corrected chi connectivity index (χ4v) is 3.49. The molecule has 0 radical (unpaired) electrons. The lowest BCUT2D eigenvalue weighted by Gasteiger charge is -2.24. The largest absolute Gasteiger partial charge is 0.347 e. The lowest BCUT2D eigenvalue weighted by atomic mass is 9.84. The predicted octanol–water partition coefficient (Wildman–Crippen LogP) is 2.80. The molecule has 1 aromatic rings. The van der Waals surface area contributed by atoms with Crippen LogP contribution in [0.25, 0.3) is 0 Å². The van der Waals surface area contributed by atoms with Gasteiger partial charge in [0.05, 0.1) is 11.4 Å². The third-order valence-electron chi connectivity index (χ3n) is 4.57. The van der Waals surface area contributed by atoms with Crippen molar-refractivity contribution in [2.24, 2.45) is 16.9 Å². The Morgan fingerprint density at radius 3 is 2.48 bits per heavy atom. The van der Waals surface area contributed by atoms with Crippen molar-refractivity contribution in [3.05, 3.63) is 30.1 Å². The molecule has 0 unspecified atom stereocenters. The molecule has 1 aromatic heterocycles. The number of thiocarbonyl (C=S) groups is 1. The van der Waals surface area contributed by atoms with E-state index in [4.69, 9.17) is 12.2 Å². The summed E-state index contributed by atoms with van der Waals surface area (Å²) in [6, 6.07) is 5.82. The molecule has 2 saturated heterocycles. The standard InChI is InChI=1S/C16H22N4S/c1-12(15-4-2-3-9-17-15)18-19-16(21)20-10-13-5-6-14(11-20)8-7-13/h2-4,9,13-14H,5-8,10-11H2,1H3,(H,19,21)/b18-12+. The zero-order valence-electron chi connectivity index (χ0n) is 12.5. The van der Waals surface area contributed by atoms with Crippen LogP contribution in [0.3, 0.4) is 0 Å². The Balaban J connectivity index is 1.61. The van der Waals surface area contributed by atoms with Crippen LogP contribution in [0.5, 0.6) is 0 Å². The second-order valence-electron chi connectivity index (χ2n) is 6.12. The number of nitrogens with zero attached hydrogens (tertiary/aromatic N) is 3. The smallest absolute Gasteiger partial charge is 0.189 e. The van der Waals surface area contributed by atoms with Crippen LogP contribution in [0.15, 0.2) is 29.5 Å². The molecule has 2 bridgehead atoms. The maximum absolute atomic E-state index is 5.52. The van der Waals surface area contributed by atoms with Crippen LogP contribution < -0.4 is 5.43 Å². The zero-order valence-corrected chi connectivity index (χ0v) is 13.3. The molecule has 4 rings (SSSR count). The Bertz CT molecular complexity index is 506. The molecule has 0 spiro atoms. The fraction of sp³-hybridized carbons (Fsp3) is 0.562. The molecule has 0 atom stereocenters. The summed E-state index contributed by atoms with van der Waals surface area (Å²) >= 11 is 5.52. The first-order valence-corrected chi connectivity index (χ1v) is 8.14. The van der Waals surface area contributed by atoms with Crippen LogP contribution in [-0.2, 0) is 0 Å². The van der Waals surface area contributed by atoms with Gasteiger partial charge in [0.15, 0.2) is 5.11 Å². The van der Waals surface area contributed by atoms with Gasteiger partial charge in [0.1, 0.15) is 0 Å². The van der Waals surface area contributed by atoms with Crippen LogP contribution in [0.2, 0.25) is 0 Å². The van der Waals surface area contributed by atoms with Gasteiger partial charge in [0.2, 0.25) is 0 Å². The van der Waals surface area contributed by atoms with Crippen molar-refractivity contribution in [2.75, 3.05) is 13.1 Å². The normalized spacial score (nSPS) is 25.6. The Kier molecular flexibility index (Phi) is 4.48. The van der Waals surface area contributed by atoms with Crippen LogP contribution in [0.1, 0.15) is 38.3 Å². The van der Waals surface area contributed by atoms with Gasteiger partial charge in [-0.1, -0.05) is 6.07 Å². The highest BCUT2D eigenvalue weighted by molar-refractivity contribution is 7.80. The summed E-state index contributed by atoms with van der Waals surface area (Å²) in [5, 5.41) is 5.15. The Hall–Kier alpha value is -1.49. The predicted molar refractivity (Wildman–Crippen MR) is 89.2 cm³/mol. The Morgan fingerprint density at radius 2 is 1.90 bits per heavy atom. The van der Waals surface area contributed by atoms with Crippen molar-refractivity contribution in [3.8, 4) is 0 Å². The topological polar surface area (TPSA) is 40.5 Å². The van der Waals surface area contributed by atoms with Crippen molar-refractivity contribution in [1.82, 2.24) is 15.3 Å². The van der Waals surface area contributed by atoms with Gasteiger partial charge < -0.3 is 4.90 Å². The number of hydrogen-bond donors (Lipinski definition) is 1. The maximum atomic E-state index is 5.52. The van der Waals surface area contributed by atoms with Gasteiger partial charge in [0.25, 0.3) is 0 Å². The summed E-state index contributed by atoms with van der Waals surface area (Å²) in [4.78, 5) is 6.60. The molecule has 0 aromatic carbocycles. The first-order valence-electron chi connectivity index (χ1n) is 7.73. The van der Waals surface area contributed by atoms with Gasteiger partial charge in [-0.25, -0.2) is 0 Å². The van der Waals surface area contributed by atoms with E-state index in [1.54, 1.807) is 6.20 Å². The number of pyridine rings is 1. The molecule has 2 aliphatic heterocycles. The molecule has 112 valence electrons. The van der Waals surface area contributed by atoms with E-state index in [0.29, 0.717) is 0 Å². The molecule has 1 N–H and O–H groups in total. The van der Waals surface area contributed by atoms with Crippen LogP contribution in [0.4, 0.5) is 0 Å². The molecule has 1 saturated carbocycles. The van der Waals surface area contributed by atoms with Crippen LogP contribution in [0, 0.1) is 11.8 Å². The van der Waals surface area contributed by atoms with E-state index in [9.17, 15) is 0 Å². The van der Waals surface area contributed by atoms with Crippen molar-refractivity contribution in [3.63, 3.8) is 0 Å². The number of hydrazone groups is 1. The second-order valence-corrected chi connectivity index (χ2v) is 6.51. The Labute approximate surface area is 131 Å². The SMILES string of the molecule is C/C(=N\NC(=S)N1CC2CCC(CC2)C1)c1ccccn1. The molecular weight excluding hydrogens is 280 g/mol. The number of hydrogen-bond acceptors (Lipinski definition) is 3. The minimum Gasteiger partial charge on any atom is -0.347 e. The van der Waals surface area contributed by atoms with E-state index >= 15 is 0 Å². The van der Waals surface area contributed by atoms with Gasteiger partial charge in [-0.3, -0.25) is 10.4 Å². The second kappa shape index (κ2) is 6.52. The highest BCUT2D eigenvalue weighted by Crippen LogP contribution is 2.33. The lowest BCUT2D eigenvalue weighted by Crippen LogP contribution is -2.40. The van der Waals surface area contributed by atoms with Crippen molar-refractivity contribution >= 4 is 23.0 Å². The summed E-state index contributed by atoms with van der Waals surface area (Å²) in [5.74, 6) is 1.62. The molecule has 3 fully saturated rings. The maximum Gasteiger partial charge on any atom is 0.189 e. The van der Waals surface area contributed by atoms with Gasteiger partial charge >= 0.3 is 0 Å². The minimum absolute atomic E-state index is 0.754. The van der Waals surface area contributed by atoms with E-state index in [1.165, 1.54) is 25.7 Å².